The van der Waals surface area contributed by atoms with Crippen molar-refractivity contribution >= 4 is 5.97 Å². The first-order valence-electron chi connectivity index (χ1n) is 11.7. The van der Waals surface area contributed by atoms with Gasteiger partial charge in [0.2, 0.25) is 0 Å². The van der Waals surface area contributed by atoms with Crippen molar-refractivity contribution in [1.82, 2.24) is 19.3 Å². The van der Waals surface area contributed by atoms with Crippen LogP contribution < -0.4 is 9.47 Å². The fourth-order valence-electron chi connectivity index (χ4n) is 4.77. The number of hydrogen-bond acceptors (Lipinski definition) is 6. The van der Waals surface area contributed by atoms with Crippen molar-refractivity contribution in [2.45, 2.75) is 38.5 Å². The van der Waals surface area contributed by atoms with E-state index in [0.29, 0.717) is 24.5 Å². The van der Waals surface area contributed by atoms with Crippen LogP contribution in [0.3, 0.4) is 0 Å². The number of benzene rings is 2. The highest BCUT2D eigenvalue weighted by molar-refractivity contribution is 5.68. The molecule has 0 bridgehead atoms. The Morgan fingerprint density at radius 1 is 1.11 bits per heavy atom. The summed E-state index contributed by atoms with van der Waals surface area (Å²) in [5.74, 6) is 0.606. The number of carbonyl (C=O) groups is 1. The van der Waals surface area contributed by atoms with Crippen LogP contribution in [-0.4, -0.2) is 44.6 Å². The number of para-hydroxylation sites is 1. The van der Waals surface area contributed by atoms with E-state index in [-0.39, 0.29) is 18.3 Å². The van der Waals surface area contributed by atoms with E-state index >= 15 is 0 Å². The number of carboxylic acid groups (broad SMARTS) is 1. The lowest BCUT2D eigenvalue weighted by atomic mass is 9.96. The molecule has 0 aliphatic carbocycles. The molecule has 3 heterocycles. The quantitative estimate of drug-likeness (QED) is 0.395. The van der Waals surface area contributed by atoms with E-state index in [4.69, 9.17) is 19.3 Å². The summed E-state index contributed by atoms with van der Waals surface area (Å²) in [6, 6.07) is 16.3. The summed E-state index contributed by atoms with van der Waals surface area (Å²) in [6.07, 6.45) is 3.33. The first-order valence-corrected chi connectivity index (χ1v) is 11.7. The fraction of sp³-hybridized carbons (Fsp3) is 0.296. The number of aliphatic carboxylic acids is 1. The largest absolute Gasteiger partial charge is 0.493 e. The van der Waals surface area contributed by atoms with E-state index in [2.05, 4.69) is 45.8 Å². The van der Waals surface area contributed by atoms with Gasteiger partial charge in [0.1, 0.15) is 25.0 Å². The Balaban J connectivity index is 1.55. The Morgan fingerprint density at radius 2 is 1.97 bits per heavy atom. The zero-order chi connectivity index (χ0) is 25.2. The van der Waals surface area contributed by atoms with E-state index in [9.17, 15) is 4.79 Å². The Morgan fingerprint density at radius 3 is 2.75 bits per heavy atom. The van der Waals surface area contributed by atoms with Crippen molar-refractivity contribution in [2.24, 2.45) is 0 Å². The van der Waals surface area contributed by atoms with Crippen molar-refractivity contribution in [1.29, 1.82) is 0 Å². The zero-order valence-corrected chi connectivity index (χ0v) is 20.4. The van der Waals surface area contributed by atoms with Gasteiger partial charge in [-0.25, -0.2) is 4.98 Å². The van der Waals surface area contributed by atoms with Crippen LogP contribution in [0.1, 0.15) is 46.8 Å². The Labute approximate surface area is 208 Å². The molecule has 1 aliphatic heterocycles. The van der Waals surface area contributed by atoms with E-state index in [1.54, 1.807) is 25.2 Å². The lowest BCUT2D eigenvalue weighted by molar-refractivity contribution is -0.136. The predicted molar refractivity (Wildman–Crippen MR) is 132 cm³/mol. The van der Waals surface area contributed by atoms with Crippen molar-refractivity contribution < 1.29 is 24.1 Å². The van der Waals surface area contributed by atoms with Crippen molar-refractivity contribution in [3.8, 4) is 17.2 Å². The highest BCUT2D eigenvalue weighted by atomic mass is 16.5. The fourth-order valence-corrected chi connectivity index (χ4v) is 4.77. The molecular formula is C27H28N4O5. The molecule has 0 saturated carbocycles. The average Bonchev–Trinajstić information content (AvgIpc) is 3.51. The average molecular weight is 489 g/mol. The van der Waals surface area contributed by atoms with Gasteiger partial charge >= 0.3 is 5.97 Å². The Kier molecular flexibility index (Phi) is 6.47. The van der Waals surface area contributed by atoms with Crippen LogP contribution in [0.5, 0.6) is 11.5 Å². The van der Waals surface area contributed by atoms with E-state index in [0.717, 1.165) is 28.1 Å². The van der Waals surface area contributed by atoms with Gasteiger partial charge in [-0.1, -0.05) is 29.8 Å². The molecule has 0 unspecified atom stereocenters. The monoisotopic (exact) mass is 488 g/mol. The summed E-state index contributed by atoms with van der Waals surface area (Å²) < 4.78 is 22.1. The first-order chi connectivity index (χ1) is 17.5. The van der Waals surface area contributed by atoms with Crippen molar-refractivity contribution in [3.63, 3.8) is 0 Å². The van der Waals surface area contributed by atoms with Gasteiger partial charge in [-0.15, -0.1) is 0 Å². The number of fused-ring (bicyclic) bond motifs is 3. The highest BCUT2D eigenvalue weighted by Gasteiger charge is 2.32. The van der Waals surface area contributed by atoms with Crippen LogP contribution in [0, 0.1) is 6.92 Å². The molecule has 2 atom stereocenters. The maximum Gasteiger partial charge on any atom is 0.311 e. The zero-order valence-electron chi connectivity index (χ0n) is 20.4. The number of rotatable bonds is 8. The Bertz CT molecular complexity index is 1390. The summed E-state index contributed by atoms with van der Waals surface area (Å²) in [4.78, 5) is 15.1. The summed E-state index contributed by atoms with van der Waals surface area (Å²) in [7, 11) is 3.26. The summed E-state index contributed by atoms with van der Waals surface area (Å²) >= 11 is 0. The molecule has 0 spiro atoms. The number of aromatic nitrogens is 4. The van der Waals surface area contributed by atoms with Gasteiger partial charge < -0.3 is 23.9 Å². The van der Waals surface area contributed by atoms with Crippen LogP contribution in [0.2, 0.25) is 0 Å². The molecule has 0 amide bonds. The van der Waals surface area contributed by atoms with Crippen molar-refractivity contribution in [3.05, 3.63) is 89.3 Å². The second kappa shape index (κ2) is 9.87. The molecule has 2 aromatic heterocycles. The number of aryl methyl sites for hydroxylation is 2. The van der Waals surface area contributed by atoms with Gasteiger partial charge in [0.05, 0.1) is 25.6 Å². The minimum atomic E-state index is -0.958. The molecule has 9 nitrogen and oxygen atoms in total. The Hall–Kier alpha value is -4.11. The number of methoxy groups -OCH3 is 2. The van der Waals surface area contributed by atoms with Crippen LogP contribution >= 0.6 is 0 Å². The third-order valence-electron chi connectivity index (χ3n) is 6.37. The van der Waals surface area contributed by atoms with Gasteiger partial charge in [0, 0.05) is 23.9 Å². The summed E-state index contributed by atoms with van der Waals surface area (Å²) in [6.45, 7) is 2.58. The number of ether oxygens (including phenoxy) is 3. The molecule has 2 aromatic carbocycles. The van der Waals surface area contributed by atoms with Gasteiger partial charge in [0.15, 0.2) is 17.3 Å². The number of nitrogens with zero attached hydrogens (tertiary/aromatic N) is 4. The minimum absolute atomic E-state index is 0.206. The van der Waals surface area contributed by atoms with Crippen LogP contribution in [-0.2, 0) is 22.5 Å². The van der Waals surface area contributed by atoms with E-state index in [1.165, 1.54) is 0 Å². The summed E-state index contributed by atoms with van der Waals surface area (Å²) in [5, 5.41) is 13.3. The standard InChI is InChI=1S/C27H28N4O5/c1-17-9-10-20-19(14-17)26(18-6-4-8-23(34-2)27(18)35-3)36-22(21-7-5-12-31(20)21)11-13-30-16-28-24(29-30)15-25(32)33/h4-10,12,14,16,22,26H,11,13,15H2,1-3H3,(H,32,33)/t22-,26-/m1/s1. The summed E-state index contributed by atoms with van der Waals surface area (Å²) in [5.41, 5.74) is 5.11. The lowest BCUT2D eigenvalue weighted by Gasteiger charge is -2.25. The second-order valence-corrected chi connectivity index (χ2v) is 8.74. The molecule has 4 aromatic rings. The molecule has 0 radical (unpaired) electrons. The maximum absolute atomic E-state index is 11.0. The topological polar surface area (TPSA) is 101 Å². The molecule has 0 fully saturated rings. The number of carboxylic acids is 1. The van der Waals surface area contributed by atoms with Crippen molar-refractivity contribution in [2.75, 3.05) is 14.2 Å². The molecule has 1 N–H and O–H groups in total. The second-order valence-electron chi connectivity index (χ2n) is 8.74. The third-order valence-corrected chi connectivity index (χ3v) is 6.37. The van der Waals surface area contributed by atoms with Gasteiger partial charge in [0.25, 0.3) is 0 Å². The predicted octanol–water partition coefficient (Wildman–Crippen LogP) is 4.27. The van der Waals surface area contributed by atoms with Gasteiger partial charge in [-0.2, -0.15) is 5.10 Å². The van der Waals surface area contributed by atoms with Crippen LogP contribution in [0.4, 0.5) is 0 Å². The first kappa shape index (κ1) is 23.6. The van der Waals surface area contributed by atoms with Gasteiger partial charge in [-0.3, -0.25) is 9.48 Å². The lowest BCUT2D eigenvalue weighted by Crippen LogP contribution is -2.14. The van der Waals surface area contributed by atoms with Crippen LogP contribution in [0.25, 0.3) is 5.69 Å². The minimum Gasteiger partial charge on any atom is -0.493 e. The molecule has 186 valence electrons. The number of hydrogen-bond donors (Lipinski definition) is 1. The van der Waals surface area contributed by atoms with E-state index < -0.39 is 12.1 Å². The SMILES string of the molecule is COc1cccc([C@H]2O[C@H](CCn3cnc(CC(=O)O)n3)c3cccn3-c3ccc(C)cc32)c1OC. The van der Waals surface area contributed by atoms with Crippen LogP contribution in [0.15, 0.2) is 61.1 Å². The van der Waals surface area contributed by atoms with E-state index in [1.807, 2.05) is 30.5 Å². The molecule has 0 saturated heterocycles. The van der Waals surface area contributed by atoms with Gasteiger partial charge in [-0.05, 0) is 37.6 Å². The smallest absolute Gasteiger partial charge is 0.311 e. The molecule has 36 heavy (non-hydrogen) atoms. The highest BCUT2D eigenvalue weighted by Crippen LogP contribution is 2.46. The molecular weight excluding hydrogens is 460 g/mol. The normalized spacial score (nSPS) is 16.6. The molecule has 1 aliphatic rings. The third kappa shape index (κ3) is 4.45. The maximum atomic E-state index is 11.0. The molecule has 9 heteroatoms. The molecule has 5 rings (SSSR count).